The van der Waals surface area contributed by atoms with Gasteiger partial charge in [-0.2, -0.15) is 0 Å². The maximum absolute atomic E-state index is 12.4. The van der Waals surface area contributed by atoms with Gasteiger partial charge in [-0.25, -0.2) is 4.79 Å². The van der Waals surface area contributed by atoms with E-state index in [-0.39, 0.29) is 29.7 Å². The van der Waals surface area contributed by atoms with Crippen LogP contribution in [0.2, 0.25) is 0 Å². The summed E-state index contributed by atoms with van der Waals surface area (Å²) in [5, 5.41) is 8.86. The highest BCUT2D eigenvalue weighted by Crippen LogP contribution is 2.20. The SMILES string of the molecule is CN1CCC(C(=O)N(C)Cc2ccc(C(=O)O)cc2)CC1=O. The third-order valence-corrected chi connectivity index (χ3v) is 4.01. The van der Waals surface area contributed by atoms with E-state index in [0.29, 0.717) is 19.5 Å². The Morgan fingerprint density at radius 2 is 1.95 bits per heavy atom. The maximum Gasteiger partial charge on any atom is 0.335 e. The van der Waals surface area contributed by atoms with E-state index in [1.54, 1.807) is 36.0 Å². The van der Waals surface area contributed by atoms with Gasteiger partial charge in [0.25, 0.3) is 0 Å². The molecule has 0 spiro atoms. The molecule has 6 nitrogen and oxygen atoms in total. The predicted molar refractivity (Wildman–Crippen MR) is 80.2 cm³/mol. The topological polar surface area (TPSA) is 77.9 Å². The molecule has 1 aliphatic rings. The molecule has 0 aliphatic carbocycles. The smallest absolute Gasteiger partial charge is 0.335 e. The molecular weight excluding hydrogens is 284 g/mol. The molecular formula is C16H20N2O4. The van der Waals surface area contributed by atoms with E-state index < -0.39 is 5.97 Å². The maximum atomic E-state index is 12.4. The van der Waals surface area contributed by atoms with Crippen molar-refractivity contribution >= 4 is 17.8 Å². The second-order valence-electron chi connectivity index (χ2n) is 5.70. The van der Waals surface area contributed by atoms with Gasteiger partial charge in [0.05, 0.1) is 5.56 Å². The highest BCUT2D eigenvalue weighted by molar-refractivity contribution is 5.88. The number of carbonyl (C=O) groups is 3. The fraction of sp³-hybridized carbons (Fsp3) is 0.438. The molecule has 1 saturated heterocycles. The highest BCUT2D eigenvalue weighted by Gasteiger charge is 2.30. The van der Waals surface area contributed by atoms with Crippen LogP contribution in [0.4, 0.5) is 0 Å². The van der Waals surface area contributed by atoms with Crippen molar-refractivity contribution in [3.8, 4) is 0 Å². The number of hydrogen-bond acceptors (Lipinski definition) is 3. The molecule has 0 radical (unpaired) electrons. The van der Waals surface area contributed by atoms with Crippen LogP contribution in [0.5, 0.6) is 0 Å². The Kier molecular flexibility index (Phi) is 4.80. The summed E-state index contributed by atoms with van der Waals surface area (Å²) in [5.41, 5.74) is 1.08. The summed E-state index contributed by atoms with van der Waals surface area (Å²) in [6.45, 7) is 1.01. The van der Waals surface area contributed by atoms with Crippen molar-refractivity contribution in [3.05, 3.63) is 35.4 Å². The lowest BCUT2D eigenvalue weighted by Gasteiger charge is -2.30. The molecule has 1 atom stereocenters. The average molecular weight is 304 g/mol. The van der Waals surface area contributed by atoms with Crippen LogP contribution < -0.4 is 0 Å². The first-order valence-corrected chi connectivity index (χ1v) is 7.19. The predicted octanol–water partition coefficient (Wildman–Crippen LogP) is 1.21. The van der Waals surface area contributed by atoms with Gasteiger partial charge in [-0.15, -0.1) is 0 Å². The zero-order valence-electron chi connectivity index (χ0n) is 12.8. The van der Waals surface area contributed by atoms with E-state index >= 15 is 0 Å². The first kappa shape index (κ1) is 16.0. The minimum absolute atomic E-state index is 0.00353. The van der Waals surface area contributed by atoms with Gasteiger partial charge >= 0.3 is 5.97 Å². The summed E-state index contributed by atoms with van der Waals surface area (Å²) in [5.74, 6) is -1.26. The van der Waals surface area contributed by atoms with Crippen molar-refractivity contribution in [1.82, 2.24) is 9.80 Å². The van der Waals surface area contributed by atoms with Gasteiger partial charge in [-0.05, 0) is 24.1 Å². The van der Waals surface area contributed by atoms with Crippen LogP contribution in [0.3, 0.4) is 0 Å². The first-order valence-electron chi connectivity index (χ1n) is 7.19. The molecule has 118 valence electrons. The number of nitrogens with zero attached hydrogens (tertiary/aromatic N) is 2. The summed E-state index contributed by atoms with van der Waals surface area (Å²) >= 11 is 0. The molecule has 6 heteroatoms. The van der Waals surface area contributed by atoms with E-state index in [2.05, 4.69) is 0 Å². The zero-order valence-corrected chi connectivity index (χ0v) is 12.8. The van der Waals surface area contributed by atoms with Crippen molar-refractivity contribution in [3.63, 3.8) is 0 Å². The van der Waals surface area contributed by atoms with E-state index in [9.17, 15) is 14.4 Å². The molecule has 0 saturated carbocycles. The van der Waals surface area contributed by atoms with Gasteiger partial charge in [0.15, 0.2) is 0 Å². The van der Waals surface area contributed by atoms with Gasteiger partial charge in [0.1, 0.15) is 0 Å². The quantitative estimate of drug-likeness (QED) is 0.907. The van der Waals surface area contributed by atoms with Crippen molar-refractivity contribution < 1.29 is 19.5 Å². The molecule has 1 heterocycles. The summed E-state index contributed by atoms with van der Waals surface area (Å²) in [7, 11) is 3.45. The molecule has 0 aromatic heterocycles. The Bertz CT molecular complexity index is 582. The number of carboxylic acids is 1. The van der Waals surface area contributed by atoms with Gasteiger partial charge < -0.3 is 14.9 Å². The summed E-state index contributed by atoms with van der Waals surface area (Å²) in [4.78, 5) is 38.1. The minimum atomic E-state index is -0.971. The number of rotatable bonds is 4. The van der Waals surface area contributed by atoms with Crippen molar-refractivity contribution in [2.45, 2.75) is 19.4 Å². The number of carboxylic acid groups (broad SMARTS) is 1. The molecule has 1 aliphatic heterocycles. The average Bonchev–Trinajstić information content (AvgIpc) is 2.49. The Balaban J connectivity index is 1.96. The number of likely N-dealkylation sites (tertiary alicyclic amines) is 1. The molecule has 22 heavy (non-hydrogen) atoms. The number of benzene rings is 1. The fourth-order valence-corrected chi connectivity index (χ4v) is 2.57. The van der Waals surface area contributed by atoms with Crippen molar-refractivity contribution in [1.29, 1.82) is 0 Å². The lowest BCUT2D eigenvalue weighted by Crippen LogP contribution is -2.42. The summed E-state index contributed by atoms with van der Waals surface area (Å²) in [6, 6.07) is 6.45. The van der Waals surface area contributed by atoms with E-state index in [1.807, 2.05) is 0 Å². The molecule has 2 amide bonds. The fourth-order valence-electron chi connectivity index (χ4n) is 2.57. The highest BCUT2D eigenvalue weighted by atomic mass is 16.4. The van der Waals surface area contributed by atoms with Crippen LogP contribution in [0, 0.1) is 5.92 Å². The molecule has 0 bridgehead atoms. The van der Waals surface area contributed by atoms with Crippen LogP contribution in [-0.4, -0.2) is 53.3 Å². The number of amides is 2. The normalized spacial score (nSPS) is 18.2. The minimum Gasteiger partial charge on any atom is -0.478 e. The molecule has 1 fully saturated rings. The van der Waals surface area contributed by atoms with Gasteiger partial charge in [0, 0.05) is 39.5 Å². The lowest BCUT2D eigenvalue weighted by molar-refractivity contribution is -0.143. The molecule has 1 unspecified atom stereocenters. The van der Waals surface area contributed by atoms with E-state index in [0.717, 1.165) is 5.56 Å². The summed E-state index contributed by atoms with van der Waals surface area (Å²) in [6.07, 6.45) is 0.945. The van der Waals surface area contributed by atoms with Crippen LogP contribution in [0.25, 0.3) is 0 Å². The molecule has 1 aromatic rings. The van der Waals surface area contributed by atoms with E-state index in [1.165, 1.54) is 12.1 Å². The number of aromatic carboxylic acids is 1. The second kappa shape index (κ2) is 6.60. The van der Waals surface area contributed by atoms with Gasteiger partial charge in [-0.1, -0.05) is 12.1 Å². The second-order valence-corrected chi connectivity index (χ2v) is 5.70. The third-order valence-electron chi connectivity index (χ3n) is 4.01. The van der Waals surface area contributed by atoms with Crippen molar-refractivity contribution in [2.75, 3.05) is 20.6 Å². The van der Waals surface area contributed by atoms with Crippen LogP contribution in [0.15, 0.2) is 24.3 Å². The monoisotopic (exact) mass is 304 g/mol. The molecule has 1 aromatic carbocycles. The number of carbonyl (C=O) groups excluding carboxylic acids is 2. The lowest BCUT2D eigenvalue weighted by atomic mass is 9.95. The number of piperidine rings is 1. The largest absolute Gasteiger partial charge is 0.478 e. The summed E-state index contributed by atoms with van der Waals surface area (Å²) < 4.78 is 0. The van der Waals surface area contributed by atoms with Crippen LogP contribution in [-0.2, 0) is 16.1 Å². The van der Waals surface area contributed by atoms with Gasteiger partial charge in [-0.3, -0.25) is 9.59 Å². The standard InChI is InChI=1S/C16H20N2O4/c1-17-8-7-13(9-14(17)19)15(20)18(2)10-11-3-5-12(6-4-11)16(21)22/h3-6,13H,7-10H2,1-2H3,(H,21,22). The van der Waals surface area contributed by atoms with E-state index in [4.69, 9.17) is 5.11 Å². The molecule has 1 N–H and O–H groups in total. The number of hydrogen-bond donors (Lipinski definition) is 1. The first-order chi connectivity index (χ1) is 10.4. The third kappa shape index (κ3) is 3.63. The zero-order chi connectivity index (χ0) is 16.3. The van der Waals surface area contributed by atoms with Gasteiger partial charge in [0.2, 0.25) is 11.8 Å². The molecule has 2 rings (SSSR count). The Hall–Kier alpha value is -2.37. The van der Waals surface area contributed by atoms with Crippen molar-refractivity contribution in [2.24, 2.45) is 5.92 Å². The van der Waals surface area contributed by atoms with Crippen LogP contribution in [0.1, 0.15) is 28.8 Å². The Morgan fingerprint density at radius 1 is 1.32 bits per heavy atom. The Labute approximate surface area is 129 Å². The Morgan fingerprint density at radius 3 is 2.50 bits per heavy atom. The van der Waals surface area contributed by atoms with Crippen LogP contribution >= 0.6 is 0 Å².